The molecule has 0 amide bonds. The minimum atomic E-state index is 0. The number of unbranched alkanes of at least 4 members (excludes halogenated alkanes) is 1. The first-order chi connectivity index (χ1) is 11.6. The standard InChI is InChI=1S/C18H26BrN5.HI/c1-15-21-11-13-24(15)12-5-4-10-22-18(20-2)23(3)14-16-6-8-17(19)9-7-16;/h6-9,11,13H,4-5,10,12,14H2,1-3H3,(H,20,22);1H. The molecule has 1 heterocycles. The highest BCUT2D eigenvalue weighted by atomic mass is 127. The predicted octanol–water partition coefficient (Wildman–Crippen LogP) is 4.06. The number of benzene rings is 1. The van der Waals surface area contributed by atoms with Gasteiger partial charge in [-0.1, -0.05) is 28.1 Å². The van der Waals surface area contributed by atoms with Crippen molar-refractivity contribution in [1.29, 1.82) is 0 Å². The SMILES string of the molecule is CN=C(NCCCCn1ccnc1C)N(C)Cc1ccc(Br)cc1.I. The molecule has 0 aliphatic rings. The monoisotopic (exact) mass is 519 g/mol. The lowest BCUT2D eigenvalue weighted by Crippen LogP contribution is -2.38. The quantitative estimate of drug-likeness (QED) is 0.260. The van der Waals surface area contributed by atoms with Crippen molar-refractivity contribution in [3.8, 4) is 0 Å². The fraction of sp³-hybridized carbons (Fsp3) is 0.444. The molecule has 0 atom stereocenters. The number of guanidine groups is 1. The molecule has 0 aliphatic heterocycles. The number of imidazole rings is 1. The van der Waals surface area contributed by atoms with Gasteiger partial charge in [-0.3, -0.25) is 4.99 Å². The highest BCUT2D eigenvalue weighted by Gasteiger charge is 2.06. The van der Waals surface area contributed by atoms with Gasteiger partial charge in [0.15, 0.2) is 5.96 Å². The van der Waals surface area contributed by atoms with Gasteiger partial charge in [0.1, 0.15) is 5.82 Å². The number of aliphatic imine (C=N–C) groups is 1. The molecular weight excluding hydrogens is 493 g/mol. The van der Waals surface area contributed by atoms with Gasteiger partial charge < -0.3 is 14.8 Å². The van der Waals surface area contributed by atoms with Gasteiger partial charge in [-0.2, -0.15) is 0 Å². The summed E-state index contributed by atoms with van der Waals surface area (Å²) < 4.78 is 3.29. The number of hydrogen-bond acceptors (Lipinski definition) is 2. The van der Waals surface area contributed by atoms with E-state index in [4.69, 9.17) is 0 Å². The Hall–Kier alpha value is -1.09. The maximum Gasteiger partial charge on any atom is 0.193 e. The van der Waals surface area contributed by atoms with Gasteiger partial charge in [-0.15, -0.1) is 24.0 Å². The third-order valence-corrected chi connectivity index (χ3v) is 4.47. The number of nitrogens with one attached hydrogen (secondary N) is 1. The fourth-order valence-corrected chi connectivity index (χ4v) is 2.84. The van der Waals surface area contributed by atoms with Crippen molar-refractivity contribution < 1.29 is 0 Å². The zero-order valence-electron chi connectivity index (χ0n) is 15.1. The number of aryl methyl sites for hydroxylation is 2. The first-order valence-electron chi connectivity index (χ1n) is 8.24. The number of nitrogens with zero attached hydrogens (tertiary/aromatic N) is 4. The Morgan fingerprint density at radius 3 is 2.60 bits per heavy atom. The summed E-state index contributed by atoms with van der Waals surface area (Å²) in [7, 11) is 3.89. The van der Waals surface area contributed by atoms with Crippen LogP contribution in [-0.2, 0) is 13.1 Å². The summed E-state index contributed by atoms with van der Waals surface area (Å²) in [6.07, 6.45) is 6.11. The number of aromatic nitrogens is 2. The average Bonchev–Trinajstić information content (AvgIpc) is 2.98. The average molecular weight is 520 g/mol. The molecule has 0 saturated carbocycles. The van der Waals surface area contributed by atoms with Crippen molar-refractivity contribution in [2.75, 3.05) is 20.6 Å². The van der Waals surface area contributed by atoms with Crippen LogP contribution in [-0.4, -0.2) is 41.1 Å². The summed E-state index contributed by atoms with van der Waals surface area (Å²) in [5, 5.41) is 3.44. The molecule has 1 N–H and O–H groups in total. The molecule has 0 saturated heterocycles. The van der Waals surface area contributed by atoms with Crippen molar-refractivity contribution in [3.05, 3.63) is 52.5 Å². The maximum atomic E-state index is 4.37. The highest BCUT2D eigenvalue weighted by Crippen LogP contribution is 2.11. The fourth-order valence-electron chi connectivity index (χ4n) is 2.57. The number of hydrogen-bond donors (Lipinski definition) is 1. The van der Waals surface area contributed by atoms with Crippen molar-refractivity contribution in [2.24, 2.45) is 4.99 Å². The number of rotatable bonds is 7. The summed E-state index contributed by atoms with van der Waals surface area (Å²) in [5.74, 6) is 2.00. The Labute approximate surface area is 176 Å². The molecule has 5 nitrogen and oxygen atoms in total. The zero-order chi connectivity index (χ0) is 17.4. The Bertz CT molecular complexity index is 654. The van der Waals surface area contributed by atoms with Crippen molar-refractivity contribution >= 4 is 45.9 Å². The normalized spacial score (nSPS) is 11.1. The van der Waals surface area contributed by atoms with Crippen LogP contribution in [0.5, 0.6) is 0 Å². The smallest absolute Gasteiger partial charge is 0.193 e. The molecule has 1 aromatic carbocycles. The Morgan fingerprint density at radius 1 is 1.28 bits per heavy atom. The molecule has 0 fully saturated rings. The predicted molar refractivity (Wildman–Crippen MR) is 119 cm³/mol. The minimum Gasteiger partial charge on any atom is -0.356 e. The first kappa shape index (κ1) is 22.0. The molecule has 0 aliphatic carbocycles. The maximum absolute atomic E-state index is 4.37. The van der Waals surface area contributed by atoms with E-state index in [9.17, 15) is 0 Å². The van der Waals surface area contributed by atoms with Gasteiger partial charge in [0.2, 0.25) is 0 Å². The van der Waals surface area contributed by atoms with Crippen LogP contribution in [0.4, 0.5) is 0 Å². The summed E-state index contributed by atoms with van der Waals surface area (Å²) in [4.78, 5) is 10.8. The molecule has 0 spiro atoms. The Morgan fingerprint density at radius 2 is 2.00 bits per heavy atom. The van der Waals surface area contributed by atoms with Crippen LogP contribution in [0.25, 0.3) is 0 Å². The lowest BCUT2D eigenvalue weighted by molar-refractivity contribution is 0.473. The van der Waals surface area contributed by atoms with E-state index in [0.29, 0.717) is 0 Å². The second kappa shape index (κ2) is 11.5. The van der Waals surface area contributed by atoms with Gasteiger partial charge in [0.05, 0.1) is 0 Å². The van der Waals surface area contributed by atoms with Gasteiger partial charge >= 0.3 is 0 Å². The molecule has 0 radical (unpaired) electrons. The third-order valence-electron chi connectivity index (χ3n) is 3.94. The van der Waals surface area contributed by atoms with Gasteiger partial charge in [0.25, 0.3) is 0 Å². The second-order valence-electron chi connectivity index (χ2n) is 5.83. The lowest BCUT2D eigenvalue weighted by Gasteiger charge is -2.22. The van der Waals surface area contributed by atoms with Crippen molar-refractivity contribution in [3.63, 3.8) is 0 Å². The van der Waals surface area contributed by atoms with E-state index >= 15 is 0 Å². The van der Waals surface area contributed by atoms with Crippen molar-refractivity contribution in [2.45, 2.75) is 32.9 Å². The summed E-state index contributed by atoms with van der Waals surface area (Å²) in [6.45, 7) is 4.81. The molecule has 2 rings (SSSR count). The molecule has 25 heavy (non-hydrogen) atoms. The Balaban J connectivity index is 0.00000312. The molecule has 138 valence electrons. The van der Waals surface area contributed by atoms with Crippen LogP contribution in [0.15, 0.2) is 46.1 Å². The summed E-state index contributed by atoms with van der Waals surface area (Å²) in [5.41, 5.74) is 1.26. The Kier molecular flexibility index (Phi) is 10.1. The van der Waals surface area contributed by atoms with E-state index in [1.54, 1.807) is 0 Å². The largest absolute Gasteiger partial charge is 0.356 e. The van der Waals surface area contributed by atoms with Crippen LogP contribution >= 0.6 is 39.9 Å². The van der Waals surface area contributed by atoms with E-state index in [-0.39, 0.29) is 24.0 Å². The third kappa shape index (κ3) is 7.35. The van der Waals surface area contributed by atoms with Gasteiger partial charge in [0, 0.05) is 50.6 Å². The van der Waals surface area contributed by atoms with Gasteiger partial charge in [-0.25, -0.2) is 4.98 Å². The molecule has 2 aromatic rings. The highest BCUT2D eigenvalue weighted by molar-refractivity contribution is 14.0. The van der Waals surface area contributed by atoms with Crippen molar-refractivity contribution in [1.82, 2.24) is 19.8 Å². The van der Waals surface area contributed by atoms with Crippen LogP contribution in [0, 0.1) is 6.92 Å². The van der Waals surface area contributed by atoms with E-state index in [2.05, 4.69) is 72.0 Å². The summed E-state index contributed by atoms with van der Waals surface area (Å²) in [6, 6.07) is 8.39. The van der Waals surface area contributed by atoms with Crippen LogP contribution in [0.2, 0.25) is 0 Å². The lowest BCUT2D eigenvalue weighted by atomic mass is 10.2. The summed E-state index contributed by atoms with van der Waals surface area (Å²) >= 11 is 3.47. The molecular formula is C18H27BrIN5. The molecule has 7 heteroatoms. The van der Waals surface area contributed by atoms with Crippen LogP contribution in [0.3, 0.4) is 0 Å². The van der Waals surface area contributed by atoms with Crippen LogP contribution in [0.1, 0.15) is 24.2 Å². The van der Waals surface area contributed by atoms with Crippen LogP contribution < -0.4 is 5.32 Å². The molecule has 1 aromatic heterocycles. The van der Waals surface area contributed by atoms with E-state index in [0.717, 1.165) is 48.7 Å². The minimum absolute atomic E-state index is 0. The van der Waals surface area contributed by atoms with Gasteiger partial charge in [-0.05, 0) is 37.5 Å². The second-order valence-corrected chi connectivity index (χ2v) is 6.75. The van der Waals surface area contributed by atoms with E-state index in [1.807, 2.05) is 26.4 Å². The molecule has 0 unspecified atom stereocenters. The first-order valence-corrected chi connectivity index (χ1v) is 9.03. The zero-order valence-corrected chi connectivity index (χ0v) is 19.0. The van der Waals surface area contributed by atoms with E-state index in [1.165, 1.54) is 5.56 Å². The number of halogens is 2. The molecule has 0 bridgehead atoms. The van der Waals surface area contributed by atoms with E-state index < -0.39 is 0 Å². The topological polar surface area (TPSA) is 45.5 Å².